The Hall–Kier alpha value is -1.29. The Morgan fingerprint density at radius 1 is 1.28 bits per heavy atom. The molecule has 102 valence electrons. The van der Waals surface area contributed by atoms with Crippen LogP contribution in [0.3, 0.4) is 0 Å². The molecular weight excluding hydrogens is 260 g/mol. The van der Waals surface area contributed by atoms with E-state index in [1.54, 1.807) is 7.11 Å². The molecule has 0 amide bonds. The summed E-state index contributed by atoms with van der Waals surface area (Å²) in [7, 11) is -2.05. The number of nitrogen functional groups attached to an aromatic ring is 1. The van der Waals surface area contributed by atoms with Crippen LogP contribution in [0.5, 0.6) is 0 Å². The molecule has 9 heteroatoms. The minimum atomic E-state index is -3.61. The lowest BCUT2D eigenvalue weighted by molar-refractivity contribution is 0.0736. The zero-order valence-corrected chi connectivity index (χ0v) is 10.8. The highest BCUT2D eigenvalue weighted by Gasteiger charge is 2.13. The zero-order valence-electron chi connectivity index (χ0n) is 10.00. The molecule has 0 aliphatic heterocycles. The van der Waals surface area contributed by atoms with E-state index in [-0.39, 0.29) is 24.0 Å². The van der Waals surface area contributed by atoms with Crippen molar-refractivity contribution in [1.29, 1.82) is 0 Å². The molecule has 0 atom stereocenters. The van der Waals surface area contributed by atoms with Gasteiger partial charge in [-0.05, 0) is 0 Å². The highest BCUT2D eigenvalue weighted by molar-refractivity contribution is 7.89. The normalized spacial score (nSPS) is 11.6. The third-order valence-corrected chi connectivity index (χ3v) is 3.34. The number of sulfonamides is 1. The number of aromatic nitrogens is 2. The molecule has 1 aromatic heterocycles. The molecule has 18 heavy (non-hydrogen) atoms. The monoisotopic (exact) mass is 276 g/mol. The second kappa shape index (κ2) is 7.21. The Labute approximate surface area is 106 Å². The van der Waals surface area contributed by atoms with Crippen molar-refractivity contribution in [3.05, 3.63) is 12.4 Å². The van der Waals surface area contributed by atoms with Crippen LogP contribution in [0.4, 0.5) is 5.95 Å². The van der Waals surface area contributed by atoms with E-state index in [9.17, 15) is 8.42 Å². The minimum absolute atomic E-state index is 0.0249. The summed E-state index contributed by atoms with van der Waals surface area (Å²) in [5, 5.41) is 0. The van der Waals surface area contributed by atoms with Crippen LogP contribution in [0.2, 0.25) is 0 Å². The second-order valence-corrected chi connectivity index (χ2v) is 5.05. The number of methoxy groups -OCH3 is 1. The van der Waals surface area contributed by atoms with Crippen molar-refractivity contribution >= 4 is 16.0 Å². The molecule has 0 spiro atoms. The van der Waals surface area contributed by atoms with Crippen LogP contribution >= 0.6 is 0 Å². The molecule has 0 radical (unpaired) electrons. The molecule has 0 aliphatic rings. The van der Waals surface area contributed by atoms with E-state index in [1.807, 2.05) is 0 Å². The maximum Gasteiger partial charge on any atom is 0.243 e. The van der Waals surface area contributed by atoms with Crippen molar-refractivity contribution < 1.29 is 17.9 Å². The summed E-state index contributed by atoms with van der Waals surface area (Å²) in [6.07, 6.45) is 2.30. The van der Waals surface area contributed by atoms with Gasteiger partial charge in [-0.3, -0.25) is 0 Å². The van der Waals surface area contributed by atoms with Crippen molar-refractivity contribution in [2.45, 2.75) is 4.90 Å². The number of anilines is 1. The summed E-state index contributed by atoms with van der Waals surface area (Å²) in [6.45, 7) is 1.32. The first-order valence-corrected chi connectivity index (χ1v) is 6.68. The van der Waals surface area contributed by atoms with Gasteiger partial charge in [0.15, 0.2) is 0 Å². The van der Waals surface area contributed by atoms with Gasteiger partial charge in [-0.1, -0.05) is 0 Å². The number of hydrogen-bond donors (Lipinski definition) is 2. The van der Waals surface area contributed by atoms with Gasteiger partial charge in [0.1, 0.15) is 4.90 Å². The fraction of sp³-hybridized carbons (Fsp3) is 0.556. The van der Waals surface area contributed by atoms with Crippen molar-refractivity contribution in [2.24, 2.45) is 0 Å². The van der Waals surface area contributed by atoms with E-state index < -0.39 is 10.0 Å². The molecule has 0 aliphatic carbocycles. The van der Waals surface area contributed by atoms with Gasteiger partial charge in [-0.2, -0.15) is 0 Å². The number of ether oxygens (including phenoxy) is 2. The van der Waals surface area contributed by atoms with Gasteiger partial charge >= 0.3 is 0 Å². The van der Waals surface area contributed by atoms with Crippen LogP contribution in [0.15, 0.2) is 17.3 Å². The zero-order chi connectivity index (χ0) is 13.4. The molecule has 1 rings (SSSR count). The van der Waals surface area contributed by atoms with E-state index in [0.717, 1.165) is 12.4 Å². The van der Waals surface area contributed by atoms with Crippen molar-refractivity contribution in [1.82, 2.24) is 14.7 Å². The first-order chi connectivity index (χ1) is 8.56. The van der Waals surface area contributed by atoms with Crippen molar-refractivity contribution in [2.75, 3.05) is 39.2 Å². The van der Waals surface area contributed by atoms with E-state index in [2.05, 4.69) is 14.7 Å². The topological polar surface area (TPSA) is 116 Å². The molecule has 0 saturated heterocycles. The fourth-order valence-electron chi connectivity index (χ4n) is 1.04. The summed E-state index contributed by atoms with van der Waals surface area (Å²) in [4.78, 5) is 7.19. The van der Waals surface area contributed by atoms with Gasteiger partial charge < -0.3 is 15.2 Å². The quantitative estimate of drug-likeness (QED) is 0.585. The Morgan fingerprint density at radius 3 is 2.56 bits per heavy atom. The highest BCUT2D eigenvalue weighted by Crippen LogP contribution is 2.05. The SMILES string of the molecule is COCCOCCNS(=O)(=O)c1cnc(N)nc1. The summed E-state index contributed by atoms with van der Waals surface area (Å²) in [5.41, 5.74) is 5.27. The van der Waals surface area contributed by atoms with Crippen molar-refractivity contribution in [3.63, 3.8) is 0 Å². The Kier molecular flexibility index (Phi) is 5.92. The van der Waals surface area contributed by atoms with Crippen LogP contribution in [0.1, 0.15) is 0 Å². The Balaban J connectivity index is 2.38. The van der Waals surface area contributed by atoms with Gasteiger partial charge in [0.05, 0.1) is 32.2 Å². The number of nitrogens with two attached hydrogens (primary N) is 1. The fourth-order valence-corrected chi connectivity index (χ4v) is 1.94. The number of hydrogen-bond acceptors (Lipinski definition) is 7. The van der Waals surface area contributed by atoms with Gasteiger partial charge in [0.2, 0.25) is 16.0 Å². The maximum atomic E-state index is 11.7. The Morgan fingerprint density at radius 2 is 1.94 bits per heavy atom. The molecule has 3 N–H and O–H groups in total. The molecule has 0 fully saturated rings. The van der Waals surface area contributed by atoms with E-state index in [4.69, 9.17) is 15.2 Å². The van der Waals surface area contributed by atoms with Crippen LogP contribution in [-0.2, 0) is 19.5 Å². The van der Waals surface area contributed by atoms with Crippen LogP contribution < -0.4 is 10.5 Å². The molecule has 0 aromatic carbocycles. The van der Waals surface area contributed by atoms with Crippen LogP contribution in [0.25, 0.3) is 0 Å². The van der Waals surface area contributed by atoms with Crippen LogP contribution in [0, 0.1) is 0 Å². The third kappa shape index (κ3) is 4.92. The Bertz CT molecular complexity index is 448. The maximum absolute atomic E-state index is 11.7. The predicted molar refractivity (Wildman–Crippen MR) is 64.3 cm³/mol. The summed E-state index contributed by atoms with van der Waals surface area (Å²) in [6, 6.07) is 0. The van der Waals surface area contributed by atoms with Gasteiger partial charge in [-0.25, -0.2) is 23.1 Å². The average molecular weight is 276 g/mol. The number of nitrogens with zero attached hydrogens (tertiary/aromatic N) is 2. The van der Waals surface area contributed by atoms with Crippen LogP contribution in [-0.4, -0.2) is 51.9 Å². The molecular formula is C9H16N4O4S. The van der Waals surface area contributed by atoms with Gasteiger partial charge in [-0.15, -0.1) is 0 Å². The summed E-state index contributed by atoms with van der Waals surface area (Å²) in [5.74, 6) is 0.0249. The second-order valence-electron chi connectivity index (χ2n) is 3.28. The molecule has 1 aromatic rings. The first-order valence-electron chi connectivity index (χ1n) is 5.20. The largest absolute Gasteiger partial charge is 0.382 e. The average Bonchev–Trinajstić information content (AvgIpc) is 2.34. The van der Waals surface area contributed by atoms with E-state index in [0.29, 0.717) is 13.2 Å². The molecule has 0 unspecified atom stereocenters. The van der Waals surface area contributed by atoms with E-state index in [1.165, 1.54) is 0 Å². The standard InChI is InChI=1S/C9H16N4O4S/c1-16-4-5-17-3-2-13-18(14,15)8-6-11-9(10)12-7-8/h6-7,13H,2-5H2,1H3,(H2,10,11,12). The highest BCUT2D eigenvalue weighted by atomic mass is 32.2. The third-order valence-electron chi connectivity index (χ3n) is 1.93. The molecule has 0 saturated carbocycles. The van der Waals surface area contributed by atoms with E-state index >= 15 is 0 Å². The molecule has 0 bridgehead atoms. The summed E-state index contributed by atoms with van der Waals surface area (Å²) < 4.78 is 35.7. The predicted octanol–water partition coefficient (Wildman–Crippen LogP) is -1.000. The molecule has 8 nitrogen and oxygen atoms in total. The molecule has 1 heterocycles. The first kappa shape index (κ1) is 14.8. The lowest BCUT2D eigenvalue weighted by Gasteiger charge is -2.06. The summed E-state index contributed by atoms with van der Waals surface area (Å²) >= 11 is 0. The minimum Gasteiger partial charge on any atom is -0.382 e. The lowest BCUT2D eigenvalue weighted by atomic mass is 10.7. The van der Waals surface area contributed by atoms with Gasteiger partial charge in [0.25, 0.3) is 0 Å². The number of rotatable bonds is 8. The van der Waals surface area contributed by atoms with Crippen molar-refractivity contribution in [3.8, 4) is 0 Å². The lowest BCUT2D eigenvalue weighted by Crippen LogP contribution is -2.28. The van der Waals surface area contributed by atoms with Gasteiger partial charge in [0, 0.05) is 13.7 Å². The number of nitrogens with one attached hydrogen (secondary N) is 1. The smallest absolute Gasteiger partial charge is 0.243 e.